The van der Waals surface area contributed by atoms with E-state index in [1.54, 1.807) is 11.0 Å². The van der Waals surface area contributed by atoms with Crippen LogP contribution < -0.4 is 0 Å². The molecule has 0 aromatic heterocycles. The smallest absolute Gasteiger partial charge is 0.410 e. The minimum absolute atomic E-state index is 0.249. The number of carbonyl (C=O) groups excluding carboxylic acids is 3. The van der Waals surface area contributed by atoms with Crippen molar-refractivity contribution in [2.75, 3.05) is 6.54 Å². The Morgan fingerprint density at radius 3 is 2.52 bits per heavy atom. The molecule has 21 heavy (non-hydrogen) atoms. The van der Waals surface area contributed by atoms with Crippen LogP contribution in [0.1, 0.15) is 31.9 Å². The Morgan fingerprint density at radius 2 is 1.95 bits per heavy atom. The summed E-state index contributed by atoms with van der Waals surface area (Å²) in [5.74, 6) is -0.249. The summed E-state index contributed by atoms with van der Waals surface area (Å²) in [5.41, 5.74) is 1.07. The summed E-state index contributed by atoms with van der Waals surface area (Å²) in [5, 5.41) is 0. The lowest BCUT2D eigenvalue weighted by molar-refractivity contribution is -0.191. The van der Waals surface area contributed by atoms with Gasteiger partial charge in [0.05, 0.1) is 6.54 Å². The van der Waals surface area contributed by atoms with Gasteiger partial charge in [-0.25, -0.2) is 9.18 Å². The molecule has 6 heteroatoms. The first-order valence-electron chi connectivity index (χ1n) is 6.52. The Labute approximate surface area is 122 Å². The zero-order valence-electron chi connectivity index (χ0n) is 12.3. The third kappa shape index (κ3) is 5.00. The van der Waals surface area contributed by atoms with Gasteiger partial charge in [-0.15, -0.1) is 0 Å². The van der Waals surface area contributed by atoms with Crippen LogP contribution in [-0.2, 0) is 27.3 Å². The zero-order chi connectivity index (χ0) is 16.0. The van der Waals surface area contributed by atoms with Crippen LogP contribution in [0.3, 0.4) is 0 Å². The molecule has 0 saturated heterocycles. The quantitative estimate of drug-likeness (QED) is 0.738. The maximum Gasteiger partial charge on any atom is 0.410 e. The van der Waals surface area contributed by atoms with Crippen molar-refractivity contribution in [2.45, 2.75) is 39.3 Å². The highest BCUT2D eigenvalue weighted by atomic mass is 19.1. The van der Waals surface area contributed by atoms with Gasteiger partial charge in [-0.2, -0.15) is 9.59 Å². The van der Waals surface area contributed by atoms with Crippen molar-refractivity contribution in [3.63, 3.8) is 0 Å². The number of hydrogen-bond acceptors (Lipinski definition) is 4. The number of rotatable bonds is 0. The number of ether oxygens (including phenoxy) is 1. The molecule has 0 bridgehead atoms. The van der Waals surface area contributed by atoms with E-state index in [-0.39, 0.29) is 24.6 Å². The fourth-order valence-corrected chi connectivity index (χ4v) is 2.02. The first-order valence-corrected chi connectivity index (χ1v) is 6.52. The van der Waals surface area contributed by atoms with Crippen LogP contribution in [0.5, 0.6) is 0 Å². The molecule has 1 aliphatic heterocycles. The molecule has 0 radical (unpaired) electrons. The van der Waals surface area contributed by atoms with Crippen LogP contribution in [0.2, 0.25) is 0 Å². The molecule has 0 saturated carbocycles. The van der Waals surface area contributed by atoms with E-state index < -0.39 is 5.60 Å². The summed E-state index contributed by atoms with van der Waals surface area (Å²) < 4.78 is 19.0. The van der Waals surface area contributed by atoms with Crippen LogP contribution in [0.4, 0.5) is 9.18 Å². The van der Waals surface area contributed by atoms with Crippen LogP contribution in [0.15, 0.2) is 18.2 Å². The van der Waals surface area contributed by atoms with E-state index in [2.05, 4.69) is 0 Å². The second kappa shape index (κ2) is 6.99. The van der Waals surface area contributed by atoms with Crippen molar-refractivity contribution in [1.29, 1.82) is 0 Å². The van der Waals surface area contributed by atoms with Crippen LogP contribution in [0.25, 0.3) is 0 Å². The number of amides is 1. The van der Waals surface area contributed by atoms with Gasteiger partial charge in [0.15, 0.2) is 0 Å². The molecular formula is C15H18FNO4. The van der Waals surface area contributed by atoms with Gasteiger partial charge in [-0.1, -0.05) is 12.1 Å². The lowest BCUT2D eigenvalue weighted by Crippen LogP contribution is -2.40. The molecular weight excluding hydrogens is 277 g/mol. The maximum absolute atomic E-state index is 13.7. The molecule has 0 fully saturated rings. The molecule has 0 spiro atoms. The van der Waals surface area contributed by atoms with Crippen molar-refractivity contribution in [1.82, 2.24) is 4.90 Å². The lowest BCUT2D eigenvalue weighted by Gasteiger charge is -2.31. The molecule has 0 N–H and O–H groups in total. The summed E-state index contributed by atoms with van der Waals surface area (Å²) in [6, 6.07) is 5.04. The molecule has 0 aliphatic carbocycles. The van der Waals surface area contributed by atoms with E-state index in [0.717, 1.165) is 5.56 Å². The van der Waals surface area contributed by atoms with Crippen LogP contribution in [0, 0.1) is 5.82 Å². The largest absolute Gasteiger partial charge is 0.444 e. The SMILES string of the molecule is CC(C)(C)OC(=O)N1CCc2cccc(F)c2C1.O=C=O. The second-order valence-corrected chi connectivity index (χ2v) is 5.61. The van der Waals surface area contributed by atoms with Crippen molar-refractivity contribution in [2.24, 2.45) is 0 Å². The Balaban J connectivity index is 0.000000677. The van der Waals surface area contributed by atoms with E-state index in [4.69, 9.17) is 14.3 Å². The fourth-order valence-electron chi connectivity index (χ4n) is 2.02. The van der Waals surface area contributed by atoms with Gasteiger partial charge in [0.1, 0.15) is 11.4 Å². The average molecular weight is 295 g/mol. The Kier molecular flexibility index (Phi) is 5.61. The van der Waals surface area contributed by atoms with Crippen molar-refractivity contribution < 1.29 is 23.5 Å². The first-order chi connectivity index (χ1) is 9.78. The zero-order valence-corrected chi connectivity index (χ0v) is 12.3. The molecule has 0 atom stereocenters. The number of fused-ring (bicyclic) bond motifs is 1. The summed E-state index contributed by atoms with van der Waals surface area (Å²) in [6.45, 7) is 6.33. The number of nitrogens with zero attached hydrogens (tertiary/aromatic N) is 1. The van der Waals surface area contributed by atoms with Gasteiger partial charge in [-0.3, -0.25) is 0 Å². The Hall–Kier alpha value is -2.20. The molecule has 1 aliphatic rings. The third-order valence-corrected chi connectivity index (χ3v) is 2.87. The van der Waals surface area contributed by atoms with Gasteiger partial charge < -0.3 is 9.64 Å². The standard InChI is InChI=1S/C14H18FNO2.CO2/c1-14(2,3)18-13(17)16-8-7-10-5-4-6-12(15)11(10)9-16;2-1-3/h4-6H,7-9H2,1-3H3;. The van der Waals surface area contributed by atoms with Gasteiger partial charge in [0.25, 0.3) is 0 Å². The molecule has 1 aromatic rings. The summed E-state index contributed by atoms with van der Waals surface area (Å²) in [4.78, 5) is 29.7. The van der Waals surface area contributed by atoms with Gasteiger partial charge in [0.2, 0.25) is 0 Å². The molecule has 114 valence electrons. The topological polar surface area (TPSA) is 63.7 Å². The molecule has 2 rings (SSSR count). The lowest BCUT2D eigenvalue weighted by atomic mass is 10.00. The van der Waals surface area contributed by atoms with E-state index in [1.165, 1.54) is 6.07 Å². The Bertz CT molecular complexity index is 545. The predicted molar refractivity (Wildman–Crippen MR) is 71.8 cm³/mol. The predicted octanol–water partition coefficient (Wildman–Crippen LogP) is 2.54. The van der Waals surface area contributed by atoms with E-state index in [1.807, 2.05) is 26.8 Å². The van der Waals surface area contributed by atoms with Gasteiger partial charge in [0, 0.05) is 12.1 Å². The van der Waals surface area contributed by atoms with Crippen molar-refractivity contribution in [3.8, 4) is 0 Å². The van der Waals surface area contributed by atoms with E-state index >= 15 is 0 Å². The van der Waals surface area contributed by atoms with E-state index in [0.29, 0.717) is 18.5 Å². The number of benzene rings is 1. The second-order valence-electron chi connectivity index (χ2n) is 5.61. The van der Waals surface area contributed by atoms with Crippen molar-refractivity contribution in [3.05, 3.63) is 35.1 Å². The van der Waals surface area contributed by atoms with Gasteiger partial charge in [-0.05, 0) is 38.8 Å². The molecule has 0 unspecified atom stereocenters. The highest BCUT2D eigenvalue weighted by molar-refractivity contribution is 5.68. The molecule has 5 nitrogen and oxygen atoms in total. The van der Waals surface area contributed by atoms with Crippen LogP contribution in [-0.4, -0.2) is 29.3 Å². The Morgan fingerprint density at radius 1 is 1.33 bits per heavy atom. The summed E-state index contributed by atoms with van der Waals surface area (Å²) in [6.07, 6.45) is 0.545. The first kappa shape index (κ1) is 16.9. The summed E-state index contributed by atoms with van der Waals surface area (Å²) >= 11 is 0. The minimum Gasteiger partial charge on any atom is -0.444 e. The normalized spacial score (nSPS) is 13.4. The van der Waals surface area contributed by atoms with Gasteiger partial charge >= 0.3 is 12.2 Å². The highest BCUT2D eigenvalue weighted by Crippen LogP contribution is 2.23. The molecule has 1 heterocycles. The highest BCUT2D eigenvalue weighted by Gasteiger charge is 2.26. The third-order valence-electron chi connectivity index (χ3n) is 2.87. The maximum atomic E-state index is 13.7. The monoisotopic (exact) mass is 295 g/mol. The van der Waals surface area contributed by atoms with Crippen LogP contribution >= 0.6 is 0 Å². The summed E-state index contributed by atoms with van der Waals surface area (Å²) in [7, 11) is 0. The molecule has 1 amide bonds. The number of halogens is 1. The van der Waals surface area contributed by atoms with E-state index in [9.17, 15) is 9.18 Å². The minimum atomic E-state index is -0.521. The molecule has 1 aromatic carbocycles. The number of carbonyl (C=O) groups is 1. The average Bonchev–Trinajstić information content (AvgIpc) is 2.38. The van der Waals surface area contributed by atoms with Crippen molar-refractivity contribution >= 4 is 12.2 Å². The fraction of sp³-hybridized carbons (Fsp3) is 0.467. The number of hydrogen-bond donors (Lipinski definition) is 0.